The molecular formula is C11H9ClN2O. The van der Waals surface area contributed by atoms with E-state index in [1.807, 2.05) is 31.2 Å². The predicted molar refractivity (Wildman–Crippen MR) is 58.5 cm³/mol. The van der Waals surface area contributed by atoms with Gasteiger partial charge in [-0.3, -0.25) is 4.79 Å². The van der Waals surface area contributed by atoms with Crippen LogP contribution in [0.25, 0.3) is 5.69 Å². The monoisotopic (exact) mass is 220 g/mol. The normalized spacial score (nSPS) is 10.3. The van der Waals surface area contributed by atoms with Crippen molar-refractivity contribution in [3.8, 4) is 5.69 Å². The van der Waals surface area contributed by atoms with Crippen molar-refractivity contribution < 1.29 is 4.79 Å². The molecule has 15 heavy (non-hydrogen) atoms. The molecule has 0 radical (unpaired) electrons. The van der Waals surface area contributed by atoms with E-state index in [9.17, 15) is 4.79 Å². The summed E-state index contributed by atoms with van der Waals surface area (Å²) in [5.74, 6) is 0. The summed E-state index contributed by atoms with van der Waals surface area (Å²) in [7, 11) is 0. The van der Waals surface area contributed by atoms with Crippen molar-refractivity contribution in [2.45, 2.75) is 6.92 Å². The Bertz CT molecular complexity index is 505. The highest BCUT2D eigenvalue weighted by Crippen LogP contribution is 2.11. The van der Waals surface area contributed by atoms with E-state index >= 15 is 0 Å². The van der Waals surface area contributed by atoms with Crippen molar-refractivity contribution in [3.05, 3.63) is 48.0 Å². The number of imidazole rings is 1. The lowest BCUT2D eigenvalue weighted by Gasteiger charge is -2.01. The summed E-state index contributed by atoms with van der Waals surface area (Å²) in [6.07, 6.45) is 3.19. The molecule has 0 N–H and O–H groups in total. The standard InChI is InChI=1S/C11H9ClN2O/c1-8-3-2-4-9(5-8)14-6-10(11(12)15)13-7-14/h2-7H,1H3. The molecular weight excluding hydrogens is 212 g/mol. The number of benzene rings is 1. The van der Waals surface area contributed by atoms with Crippen molar-refractivity contribution >= 4 is 16.8 Å². The summed E-state index contributed by atoms with van der Waals surface area (Å²) >= 11 is 5.32. The van der Waals surface area contributed by atoms with Crippen LogP contribution in [0.15, 0.2) is 36.8 Å². The number of rotatable bonds is 2. The van der Waals surface area contributed by atoms with E-state index < -0.39 is 5.24 Å². The number of halogens is 1. The first kappa shape index (κ1) is 9.93. The van der Waals surface area contributed by atoms with E-state index in [1.165, 1.54) is 0 Å². The lowest BCUT2D eigenvalue weighted by Crippen LogP contribution is -1.91. The van der Waals surface area contributed by atoms with E-state index in [0.717, 1.165) is 11.3 Å². The Labute approximate surface area is 92.3 Å². The minimum Gasteiger partial charge on any atom is -0.305 e. The maximum atomic E-state index is 10.8. The number of carbonyl (C=O) groups excluding carboxylic acids is 1. The van der Waals surface area contributed by atoms with Gasteiger partial charge in [0.1, 0.15) is 12.0 Å². The molecule has 0 unspecified atom stereocenters. The molecule has 1 aromatic carbocycles. The summed E-state index contributed by atoms with van der Waals surface area (Å²) in [5, 5.41) is -0.540. The summed E-state index contributed by atoms with van der Waals surface area (Å²) in [6, 6.07) is 7.90. The zero-order valence-corrected chi connectivity index (χ0v) is 8.90. The molecule has 1 aromatic heterocycles. The fourth-order valence-electron chi connectivity index (χ4n) is 1.35. The number of hydrogen-bond acceptors (Lipinski definition) is 2. The Morgan fingerprint density at radius 1 is 1.47 bits per heavy atom. The van der Waals surface area contributed by atoms with Crippen LogP contribution in [0.3, 0.4) is 0 Å². The molecule has 0 fully saturated rings. The molecule has 0 saturated heterocycles. The minimum absolute atomic E-state index is 0.262. The van der Waals surface area contributed by atoms with Crippen molar-refractivity contribution in [1.29, 1.82) is 0 Å². The molecule has 0 saturated carbocycles. The van der Waals surface area contributed by atoms with Crippen molar-refractivity contribution in [2.24, 2.45) is 0 Å². The number of aromatic nitrogens is 2. The van der Waals surface area contributed by atoms with Crippen LogP contribution in [-0.4, -0.2) is 14.8 Å². The van der Waals surface area contributed by atoms with Crippen molar-refractivity contribution in [2.75, 3.05) is 0 Å². The minimum atomic E-state index is -0.540. The second-order valence-corrected chi connectivity index (χ2v) is 3.62. The molecule has 2 aromatic rings. The van der Waals surface area contributed by atoms with E-state index in [4.69, 9.17) is 11.6 Å². The van der Waals surface area contributed by atoms with Gasteiger partial charge in [-0.1, -0.05) is 12.1 Å². The van der Waals surface area contributed by atoms with Crippen LogP contribution in [0, 0.1) is 6.92 Å². The van der Waals surface area contributed by atoms with Crippen LogP contribution in [0.2, 0.25) is 0 Å². The van der Waals surface area contributed by atoms with Crippen LogP contribution in [-0.2, 0) is 0 Å². The third kappa shape index (κ3) is 2.07. The molecule has 3 nitrogen and oxygen atoms in total. The smallest absolute Gasteiger partial charge is 0.272 e. The molecule has 0 aliphatic carbocycles. The van der Waals surface area contributed by atoms with Crippen molar-refractivity contribution in [1.82, 2.24) is 9.55 Å². The third-order valence-corrected chi connectivity index (χ3v) is 2.28. The fraction of sp³-hybridized carbons (Fsp3) is 0.0909. The number of hydrogen-bond donors (Lipinski definition) is 0. The summed E-state index contributed by atoms with van der Waals surface area (Å²) in [5.41, 5.74) is 2.38. The lowest BCUT2D eigenvalue weighted by atomic mass is 10.2. The topological polar surface area (TPSA) is 34.9 Å². The van der Waals surface area contributed by atoms with Gasteiger partial charge in [0.15, 0.2) is 0 Å². The van der Waals surface area contributed by atoms with E-state index in [2.05, 4.69) is 4.98 Å². The fourth-order valence-corrected chi connectivity index (χ4v) is 1.45. The zero-order chi connectivity index (χ0) is 10.8. The van der Waals surface area contributed by atoms with Gasteiger partial charge in [-0.2, -0.15) is 0 Å². The average Bonchev–Trinajstić information content (AvgIpc) is 2.66. The van der Waals surface area contributed by atoms with Crippen LogP contribution in [0.4, 0.5) is 0 Å². The van der Waals surface area contributed by atoms with Gasteiger partial charge < -0.3 is 4.57 Å². The highest BCUT2D eigenvalue weighted by atomic mass is 35.5. The predicted octanol–water partition coefficient (Wildman–Crippen LogP) is 2.56. The second kappa shape index (κ2) is 3.87. The number of carbonyl (C=O) groups is 1. The van der Waals surface area contributed by atoms with Gasteiger partial charge in [0, 0.05) is 11.9 Å². The Kier molecular flexibility index (Phi) is 2.56. The molecule has 0 amide bonds. The zero-order valence-electron chi connectivity index (χ0n) is 8.14. The summed E-state index contributed by atoms with van der Waals surface area (Å²) < 4.78 is 1.77. The lowest BCUT2D eigenvalue weighted by molar-refractivity contribution is 0.107. The Morgan fingerprint density at radius 2 is 2.27 bits per heavy atom. The molecule has 4 heteroatoms. The van der Waals surface area contributed by atoms with Crippen LogP contribution < -0.4 is 0 Å². The Hall–Kier alpha value is -1.61. The Balaban J connectivity index is 2.41. The van der Waals surface area contributed by atoms with Gasteiger partial charge in [0.25, 0.3) is 5.24 Å². The molecule has 0 spiro atoms. The van der Waals surface area contributed by atoms with Gasteiger partial charge in [-0.25, -0.2) is 4.98 Å². The molecule has 0 aliphatic rings. The summed E-state index contributed by atoms with van der Waals surface area (Å²) in [6.45, 7) is 2.01. The third-order valence-electron chi connectivity index (χ3n) is 2.08. The maximum absolute atomic E-state index is 10.8. The van der Waals surface area contributed by atoms with Crippen LogP contribution >= 0.6 is 11.6 Å². The van der Waals surface area contributed by atoms with Crippen LogP contribution in [0.1, 0.15) is 16.1 Å². The first-order valence-corrected chi connectivity index (χ1v) is 4.85. The SMILES string of the molecule is Cc1cccc(-n2cnc(C(=O)Cl)c2)c1. The maximum Gasteiger partial charge on any atom is 0.272 e. The van der Waals surface area contributed by atoms with Gasteiger partial charge in [0.2, 0.25) is 0 Å². The number of aryl methyl sites for hydroxylation is 1. The molecule has 0 atom stereocenters. The highest BCUT2D eigenvalue weighted by molar-refractivity contribution is 6.67. The van der Waals surface area contributed by atoms with Gasteiger partial charge >= 0.3 is 0 Å². The molecule has 2 rings (SSSR count). The van der Waals surface area contributed by atoms with Gasteiger partial charge in [0.05, 0.1) is 0 Å². The van der Waals surface area contributed by atoms with Crippen molar-refractivity contribution in [3.63, 3.8) is 0 Å². The largest absolute Gasteiger partial charge is 0.305 e. The first-order valence-electron chi connectivity index (χ1n) is 4.47. The Morgan fingerprint density at radius 3 is 2.87 bits per heavy atom. The van der Waals surface area contributed by atoms with E-state index in [-0.39, 0.29) is 5.69 Å². The summed E-state index contributed by atoms with van der Waals surface area (Å²) in [4.78, 5) is 14.7. The van der Waals surface area contributed by atoms with Gasteiger partial charge in [-0.05, 0) is 36.2 Å². The van der Waals surface area contributed by atoms with E-state index in [0.29, 0.717) is 0 Å². The second-order valence-electron chi connectivity index (χ2n) is 3.28. The molecule has 1 heterocycles. The average molecular weight is 221 g/mol. The van der Waals surface area contributed by atoms with E-state index in [1.54, 1.807) is 17.1 Å². The highest BCUT2D eigenvalue weighted by Gasteiger charge is 2.06. The number of nitrogens with zero attached hydrogens (tertiary/aromatic N) is 2. The quantitative estimate of drug-likeness (QED) is 0.729. The molecule has 76 valence electrons. The van der Waals surface area contributed by atoms with Crippen LogP contribution in [0.5, 0.6) is 0 Å². The van der Waals surface area contributed by atoms with Gasteiger partial charge in [-0.15, -0.1) is 0 Å². The molecule has 0 aliphatic heterocycles. The molecule has 0 bridgehead atoms. The first-order chi connectivity index (χ1) is 7.16.